The third kappa shape index (κ3) is 4.96. The molecule has 0 heterocycles. The van der Waals surface area contributed by atoms with Crippen LogP contribution in [0.25, 0.3) is 0 Å². The molecular formula is C13H17Cl2NO3S. The van der Waals surface area contributed by atoms with Crippen LogP contribution in [0.1, 0.15) is 31.1 Å². The van der Waals surface area contributed by atoms with Gasteiger partial charge in [0.1, 0.15) is 0 Å². The molecule has 0 aromatic heterocycles. The summed E-state index contributed by atoms with van der Waals surface area (Å²) in [5.74, 6) is -0.158. The highest BCUT2D eigenvalue weighted by Crippen LogP contribution is 2.29. The van der Waals surface area contributed by atoms with E-state index in [1.807, 2.05) is 0 Å². The van der Waals surface area contributed by atoms with Gasteiger partial charge in [-0.15, -0.1) is 0 Å². The summed E-state index contributed by atoms with van der Waals surface area (Å²) in [5.41, 5.74) is 0.610. The van der Waals surface area contributed by atoms with E-state index >= 15 is 0 Å². The first-order chi connectivity index (χ1) is 9.24. The Morgan fingerprint density at radius 3 is 2.50 bits per heavy atom. The maximum Gasteiger partial charge on any atom is 0.216 e. The highest BCUT2D eigenvalue weighted by atomic mass is 35.5. The van der Waals surface area contributed by atoms with Gasteiger partial charge >= 0.3 is 0 Å². The maximum atomic E-state index is 12.2. The lowest BCUT2D eigenvalue weighted by atomic mass is 10.2. The molecule has 7 heteroatoms. The normalized spacial score (nSPS) is 13.0. The second-order valence-electron chi connectivity index (χ2n) is 4.52. The van der Waals surface area contributed by atoms with Gasteiger partial charge in [-0.3, -0.25) is 4.79 Å². The van der Waals surface area contributed by atoms with Crippen LogP contribution in [-0.4, -0.2) is 26.6 Å². The van der Waals surface area contributed by atoms with Crippen molar-refractivity contribution >= 4 is 38.9 Å². The zero-order valence-electron chi connectivity index (χ0n) is 11.3. The first-order valence-corrected chi connectivity index (χ1v) is 8.62. The number of benzene rings is 1. The molecule has 0 aliphatic rings. The van der Waals surface area contributed by atoms with E-state index in [1.165, 1.54) is 6.92 Å². The van der Waals surface area contributed by atoms with Crippen LogP contribution in [0.15, 0.2) is 18.2 Å². The Morgan fingerprint density at radius 2 is 1.95 bits per heavy atom. The molecule has 4 nitrogen and oxygen atoms in total. The SMILES string of the molecule is CC(=O)NCCCS(=O)(=O)C(C)c1ccc(Cl)c(Cl)c1. The topological polar surface area (TPSA) is 63.2 Å². The predicted molar refractivity (Wildman–Crippen MR) is 82.0 cm³/mol. The molecular weight excluding hydrogens is 321 g/mol. The zero-order valence-corrected chi connectivity index (χ0v) is 13.6. The molecule has 1 aromatic carbocycles. The van der Waals surface area contributed by atoms with E-state index in [9.17, 15) is 13.2 Å². The van der Waals surface area contributed by atoms with Gasteiger partial charge in [0.25, 0.3) is 0 Å². The van der Waals surface area contributed by atoms with E-state index in [0.717, 1.165) is 0 Å². The molecule has 0 saturated heterocycles. The first-order valence-electron chi connectivity index (χ1n) is 6.15. The second kappa shape index (κ2) is 7.29. The average molecular weight is 338 g/mol. The van der Waals surface area contributed by atoms with Crippen LogP contribution in [0.4, 0.5) is 0 Å². The molecule has 1 atom stereocenters. The van der Waals surface area contributed by atoms with Crippen molar-refractivity contribution in [2.45, 2.75) is 25.5 Å². The molecule has 0 radical (unpaired) electrons. The smallest absolute Gasteiger partial charge is 0.216 e. The van der Waals surface area contributed by atoms with Crippen molar-refractivity contribution in [3.63, 3.8) is 0 Å². The van der Waals surface area contributed by atoms with Gasteiger partial charge in [-0.1, -0.05) is 29.3 Å². The number of nitrogens with one attached hydrogen (secondary N) is 1. The summed E-state index contributed by atoms with van der Waals surface area (Å²) < 4.78 is 24.4. The van der Waals surface area contributed by atoms with Crippen molar-refractivity contribution in [2.24, 2.45) is 0 Å². The molecule has 0 aliphatic carbocycles. The average Bonchev–Trinajstić information content (AvgIpc) is 2.37. The van der Waals surface area contributed by atoms with Gasteiger partial charge < -0.3 is 5.32 Å². The Labute approximate surface area is 129 Å². The fourth-order valence-corrected chi connectivity index (χ4v) is 3.46. The number of carbonyl (C=O) groups excluding carboxylic acids is 1. The number of amides is 1. The van der Waals surface area contributed by atoms with E-state index in [2.05, 4.69) is 5.32 Å². The van der Waals surface area contributed by atoms with Crippen molar-refractivity contribution in [2.75, 3.05) is 12.3 Å². The standard InChI is InChI=1S/C13H17Cl2NO3S/c1-9(11-4-5-12(14)13(15)8-11)20(18,19)7-3-6-16-10(2)17/h4-5,8-9H,3,6-7H2,1-2H3,(H,16,17). The van der Waals surface area contributed by atoms with Crippen LogP contribution in [0.5, 0.6) is 0 Å². The van der Waals surface area contributed by atoms with Crippen LogP contribution >= 0.6 is 23.2 Å². The lowest BCUT2D eigenvalue weighted by Gasteiger charge is -2.14. The van der Waals surface area contributed by atoms with Crippen molar-refractivity contribution < 1.29 is 13.2 Å². The Bertz CT molecular complexity index is 587. The van der Waals surface area contributed by atoms with Crippen molar-refractivity contribution in [3.8, 4) is 0 Å². The minimum absolute atomic E-state index is 0.00862. The number of hydrogen-bond acceptors (Lipinski definition) is 3. The Morgan fingerprint density at radius 1 is 1.30 bits per heavy atom. The van der Waals surface area contributed by atoms with Crippen LogP contribution in [0.2, 0.25) is 10.0 Å². The predicted octanol–water partition coefficient (Wildman–Crippen LogP) is 3.00. The van der Waals surface area contributed by atoms with E-state index in [1.54, 1.807) is 25.1 Å². The molecule has 0 aliphatic heterocycles. The molecule has 112 valence electrons. The minimum Gasteiger partial charge on any atom is -0.356 e. The summed E-state index contributed by atoms with van der Waals surface area (Å²) in [6.45, 7) is 3.36. The van der Waals surface area contributed by atoms with Gasteiger partial charge in [0.05, 0.1) is 21.0 Å². The van der Waals surface area contributed by atoms with Crippen molar-refractivity contribution in [1.82, 2.24) is 5.32 Å². The molecule has 1 unspecified atom stereocenters. The largest absolute Gasteiger partial charge is 0.356 e. The summed E-state index contributed by atoms with van der Waals surface area (Å²) in [6.07, 6.45) is 0.383. The molecule has 0 spiro atoms. The summed E-state index contributed by atoms with van der Waals surface area (Å²) >= 11 is 11.7. The molecule has 1 amide bonds. The highest BCUT2D eigenvalue weighted by Gasteiger charge is 2.22. The molecule has 1 N–H and O–H groups in total. The number of carbonyl (C=O) groups is 1. The maximum absolute atomic E-state index is 12.2. The molecule has 0 fully saturated rings. The summed E-state index contributed by atoms with van der Waals surface area (Å²) in [5, 5.41) is 2.65. The van der Waals surface area contributed by atoms with Crippen LogP contribution in [-0.2, 0) is 14.6 Å². The van der Waals surface area contributed by atoms with Crippen LogP contribution in [0.3, 0.4) is 0 Å². The highest BCUT2D eigenvalue weighted by molar-refractivity contribution is 7.91. The third-order valence-electron chi connectivity index (χ3n) is 2.93. The quantitative estimate of drug-likeness (QED) is 0.811. The van der Waals surface area contributed by atoms with E-state index in [-0.39, 0.29) is 11.7 Å². The van der Waals surface area contributed by atoms with Crippen LogP contribution in [0, 0.1) is 0 Å². The van der Waals surface area contributed by atoms with Gasteiger partial charge in [0.15, 0.2) is 9.84 Å². The van der Waals surface area contributed by atoms with Gasteiger partial charge in [-0.25, -0.2) is 8.42 Å². The Kier molecular flexibility index (Phi) is 6.30. The minimum atomic E-state index is -3.29. The van der Waals surface area contributed by atoms with Gasteiger partial charge in [0.2, 0.25) is 5.91 Å². The summed E-state index contributed by atoms with van der Waals surface area (Å²) in [4.78, 5) is 10.7. The number of rotatable bonds is 6. The van der Waals surface area contributed by atoms with E-state index in [4.69, 9.17) is 23.2 Å². The molecule has 20 heavy (non-hydrogen) atoms. The van der Waals surface area contributed by atoms with Crippen molar-refractivity contribution in [3.05, 3.63) is 33.8 Å². The van der Waals surface area contributed by atoms with Crippen LogP contribution < -0.4 is 5.32 Å². The van der Waals surface area contributed by atoms with Gasteiger partial charge in [0, 0.05) is 13.5 Å². The zero-order chi connectivity index (χ0) is 15.3. The number of hydrogen-bond donors (Lipinski definition) is 1. The van der Waals surface area contributed by atoms with Gasteiger partial charge in [-0.2, -0.15) is 0 Å². The first kappa shape index (κ1) is 17.3. The Balaban J connectivity index is 2.71. The van der Waals surface area contributed by atoms with E-state index in [0.29, 0.717) is 28.6 Å². The van der Waals surface area contributed by atoms with E-state index < -0.39 is 15.1 Å². The molecule has 0 bridgehead atoms. The number of halogens is 2. The fourth-order valence-electron chi connectivity index (χ4n) is 1.69. The molecule has 1 aromatic rings. The Hall–Kier alpha value is -0.780. The summed E-state index contributed by atoms with van der Waals surface area (Å²) in [7, 11) is -3.29. The van der Waals surface area contributed by atoms with Crippen molar-refractivity contribution in [1.29, 1.82) is 0 Å². The number of sulfone groups is 1. The monoisotopic (exact) mass is 337 g/mol. The summed E-state index contributed by atoms with van der Waals surface area (Å²) in [6, 6.07) is 4.81. The lowest BCUT2D eigenvalue weighted by molar-refractivity contribution is -0.118. The van der Waals surface area contributed by atoms with Gasteiger partial charge in [-0.05, 0) is 31.0 Å². The lowest BCUT2D eigenvalue weighted by Crippen LogP contribution is -2.24. The fraction of sp³-hybridized carbons (Fsp3) is 0.462. The third-order valence-corrected chi connectivity index (χ3v) is 5.88. The second-order valence-corrected chi connectivity index (χ2v) is 7.77. The molecule has 1 rings (SSSR count). The molecule has 0 saturated carbocycles.